The van der Waals surface area contributed by atoms with E-state index in [0.29, 0.717) is 5.82 Å². The highest BCUT2D eigenvalue weighted by Crippen LogP contribution is 2.28. The molecule has 0 aliphatic heterocycles. The van der Waals surface area contributed by atoms with Gasteiger partial charge < -0.3 is 10.3 Å². The Kier molecular flexibility index (Phi) is 3.78. The van der Waals surface area contributed by atoms with Gasteiger partial charge in [0.2, 0.25) is 0 Å². The minimum Gasteiger partial charge on any atom is -0.343 e. The van der Waals surface area contributed by atoms with E-state index in [0.717, 1.165) is 27.3 Å². The van der Waals surface area contributed by atoms with Crippen LogP contribution in [0.2, 0.25) is 0 Å². The van der Waals surface area contributed by atoms with Crippen LogP contribution < -0.4 is 5.32 Å². The third kappa shape index (κ3) is 2.97. The van der Waals surface area contributed by atoms with Crippen molar-refractivity contribution in [3.63, 3.8) is 0 Å². The number of H-pyrrole nitrogens is 1. The Morgan fingerprint density at radius 3 is 2.75 bits per heavy atom. The van der Waals surface area contributed by atoms with Crippen molar-refractivity contribution in [3.05, 3.63) is 47.0 Å². The predicted octanol–water partition coefficient (Wildman–Crippen LogP) is 2.55. The van der Waals surface area contributed by atoms with Crippen molar-refractivity contribution in [2.24, 2.45) is 7.05 Å². The van der Waals surface area contributed by atoms with Crippen molar-refractivity contribution in [3.8, 4) is 0 Å². The van der Waals surface area contributed by atoms with E-state index >= 15 is 0 Å². The number of alkyl halides is 3. The Bertz CT molecular complexity index is 910. The van der Waals surface area contributed by atoms with E-state index in [1.807, 2.05) is 25.1 Å². The molecule has 0 spiro atoms. The highest BCUT2D eigenvalue weighted by atomic mass is 19.4. The molecular formula is C15H14F3N5O. The smallest absolute Gasteiger partial charge is 0.343 e. The van der Waals surface area contributed by atoms with Crippen LogP contribution in [-0.2, 0) is 19.8 Å². The summed E-state index contributed by atoms with van der Waals surface area (Å²) in [7, 11) is 1.29. The van der Waals surface area contributed by atoms with E-state index in [2.05, 4.69) is 20.4 Å². The number of benzene rings is 1. The summed E-state index contributed by atoms with van der Waals surface area (Å²) < 4.78 is 38.8. The van der Waals surface area contributed by atoms with Gasteiger partial charge in [-0.1, -0.05) is 12.1 Å². The van der Waals surface area contributed by atoms with Crippen LogP contribution in [0, 0.1) is 6.92 Å². The maximum absolute atomic E-state index is 12.6. The molecule has 0 aliphatic rings. The quantitative estimate of drug-likeness (QED) is 0.771. The standard InChI is InChI=1S/C15H14F3N5O/c1-8-4-3-5-9-13(8)21-12(20-9)7-19-14(24)10-6-11(15(16,17)18)22-23(10)2/h3-6H,7H2,1-2H3,(H,19,24)(H,20,21). The van der Waals surface area contributed by atoms with Crippen LogP contribution in [0.3, 0.4) is 0 Å². The fourth-order valence-corrected chi connectivity index (χ4v) is 2.38. The summed E-state index contributed by atoms with van der Waals surface area (Å²) in [5, 5.41) is 5.85. The molecule has 0 atom stereocenters. The number of hydrogen-bond acceptors (Lipinski definition) is 3. The monoisotopic (exact) mass is 337 g/mol. The van der Waals surface area contributed by atoms with E-state index < -0.39 is 17.8 Å². The van der Waals surface area contributed by atoms with Crippen LogP contribution >= 0.6 is 0 Å². The number of rotatable bonds is 3. The number of nitrogens with one attached hydrogen (secondary N) is 2. The van der Waals surface area contributed by atoms with Crippen LogP contribution in [0.15, 0.2) is 24.3 Å². The first-order valence-electron chi connectivity index (χ1n) is 7.09. The Morgan fingerprint density at radius 1 is 1.38 bits per heavy atom. The van der Waals surface area contributed by atoms with Gasteiger partial charge in [-0.25, -0.2) is 4.98 Å². The van der Waals surface area contributed by atoms with Gasteiger partial charge in [-0.2, -0.15) is 18.3 Å². The van der Waals surface area contributed by atoms with Gasteiger partial charge in [0, 0.05) is 13.1 Å². The fourth-order valence-electron chi connectivity index (χ4n) is 2.38. The number of aromatic nitrogens is 4. The second kappa shape index (κ2) is 5.66. The molecule has 3 aromatic rings. The Labute approximate surface area is 134 Å². The number of para-hydroxylation sites is 1. The molecule has 9 heteroatoms. The molecule has 3 rings (SSSR count). The number of hydrogen-bond donors (Lipinski definition) is 2. The molecule has 2 heterocycles. The lowest BCUT2D eigenvalue weighted by Crippen LogP contribution is -2.25. The van der Waals surface area contributed by atoms with Crippen molar-refractivity contribution < 1.29 is 18.0 Å². The molecule has 24 heavy (non-hydrogen) atoms. The number of amides is 1. The lowest BCUT2D eigenvalue weighted by molar-refractivity contribution is -0.141. The number of halogens is 3. The van der Waals surface area contributed by atoms with Crippen molar-refractivity contribution in [2.75, 3.05) is 0 Å². The van der Waals surface area contributed by atoms with Crippen LogP contribution in [0.1, 0.15) is 27.6 Å². The Morgan fingerprint density at radius 2 is 2.12 bits per heavy atom. The van der Waals surface area contributed by atoms with Crippen molar-refractivity contribution in [1.29, 1.82) is 0 Å². The van der Waals surface area contributed by atoms with Gasteiger partial charge in [-0.3, -0.25) is 9.48 Å². The molecule has 126 valence electrons. The lowest BCUT2D eigenvalue weighted by atomic mass is 10.2. The molecular weight excluding hydrogens is 323 g/mol. The normalized spacial score (nSPS) is 11.9. The van der Waals surface area contributed by atoms with Gasteiger partial charge >= 0.3 is 6.18 Å². The maximum atomic E-state index is 12.6. The molecule has 2 N–H and O–H groups in total. The number of carbonyl (C=O) groups is 1. The van der Waals surface area contributed by atoms with Crippen molar-refractivity contribution in [1.82, 2.24) is 25.1 Å². The molecule has 0 unspecified atom stereocenters. The van der Waals surface area contributed by atoms with Crippen molar-refractivity contribution >= 4 is 16.9 Å². The number of fused-ring (bicyclic) bond motifs is 1. The number of carbonyl (C=O) groups excluding carboxylic acids is 1. The largest absolute Gasteiger partial charge is 0.435 e. The molecule has 0 fully saturated rings. The Balaban J connectivity index is 1.75. The molecule has 0 radical (unpaired) electrons. The summed E-state index contributed by atoms with van der Waals surface area (Å²) in [5.41, 5.74) is 1.34. The minimum atomic E-state index is -4.59. The highest BCUT2D eigenvalue weighted by molar-refractivity contribution is 5.92. The minimum absolute atomic E-state index is 0.0689. The SMILES string of the molecule is Cc1cccc2[nH]c(CNC(=O)c3cc(C(F)(F)F)nn3C)nc12. The zero-order valence-electron chi connectivity index (χ0n) is 12.9. The molecule has 0 saturated heterocycles. The first kappa shape index (κ1) is 16.0. The summed E-state index contributed by atoms with van der Waals surface area (Å²) >= 11 is 0. The summed E-state index contributed by atoms with van der Waals surface area (Å²) in [6.07, 6.45) is -4.59. The topological polar surface area (TPSA) is 75.6 Å². The summed E-state index contributed by atoms with van der Waals surface area (Å²) in [5.74, 6) is -0.136. The molecule has 0 bridgehead atoms. The zero-order valence-corrected chi connectivity index (χ0v) is 12.9. The number of aromatic amines is 1. The summed E-state index contributed by atoms with van der Waals surface area (Å²) in [4.78, 5) is 19.5. The third-order valence-electron chi connectivity index (χ3n) is 3.58. The maximum Gasteiger partial charge on any atom is 0.435 e. The van der Waals surface area contributed by atoms with E-state index in [4.69, 9.17) is 0 Å². The first-order chi connectivity index (χ1) is 11.3. The van der Waals surface area contributed by atoms with Crippen LogP contribution in [0.5, 0.6) is 0 Å². The molecule has 6 nitrogen and oxygen atoms in total. The highest BCUT2D eigenvalue weighted by Gasteiger charge is 2.35. The second-order valence-corrected chi connectivity index (χ2v) is 5.37. The van der Waals surface area contributed by atoms with Crippen LogP contribution in [0.4, 0.5) is 13.2 Å². The first-order valence-corrected chi connectivity index (χ1v) is 7.09. The molecule has 2 aromatic heterocycles. The summed E-state index contributed by atoms with van der Waals surface area (Å²) in [6, 6.07) is 6.38. The summed E-state index contributed by atoms with van der Waals surface area (Å²) in [6.45, 7) is 1.99. The number of imidazole rings is 1. The zero-order chi connectivity index (χ0) is 17.5. The molecule has 0 aliphatic carbocycles. The van der Waals surface area contributed by atoms with Gasteiger partial charge in [0.25, 0.3) is 5.91 Å². The van der Waals surface area contributed by atoms with Crippen LogP contribution in [-0.4, -0.2) is 25.7 Å². The predicted molar refractivity (Wildman–Crippen MR) is 80.2 cm³/mol. The average Bonchev–Trinajstić information content (AvgIpc) is 3.08. The molecule has 1 aromatic carbocycles. The third-order valence-corrected chi connectivity index (χ3v) is 3.58. The second-order valence-electron chi connectivity index (χ2n) is 5.37. The van der Waals surface area contributed by atoms with Gasteiger partial charge in [0.1, 0.15) is 11.5 Å². The average molecular weight is 337 g/mol. The van der Waals surface area contributed by atoms with Gasteiger partial charge in [0.05, 0.1) is 17.6 Å². The molecule has 0 saturated carbocycles. The van der Waals surface area contributed by atoms with Gasteiger partial charge in [0.15, 0.2) is 5.69 Å². The Hall–Kier alpha value is -2.84. The number of aryl methyl sites for hydroxylation is 2. The molecule has 1 amide bonds. The van der Waals surface area contributed by atoms with E-state index in [9.17, 15) is 18.0 Å². The van der Waals surface area contributed by atoms with Gasteiger partial charge in [-0.15, -0.1) is 0 Å². The van der Waals surface area contributed by atoms with E-state index in [-0.39, 0.29) is 12.2 Å². The van der Waals surface area contributed by atoms with Crippen molar-refractivity contribution in [2.45, 2.75) is 19.6 Å². The fraction of sp³-hybridized carbons (Fsp3) is 0.267. The van der Waals surface area contributed by atoms with E-state index in [1.165, 1.54) is 7.05 Å². The van der Waals surface area contributed by atoms with E-state index in [1.54, 1.807) is 0 Å². The van der Waals surface area contributed by atoms with Gasteiger partial charge in [-0.05, 0) is 18.6 Å². The number of nitrogens with zero attached hydrogens (tertiary/aromatic N) is 3. The lowest BCUT2D eigenvalue weighted by Gasteiger charge is -2.02. The van der Waals surface area contributed by atoms with Crippen LogP contribution in [0.25, 0.3) is 11.0 Å².